The van der Waals surface area contributed by atoms with Crippen molar-refractivity contribution in [1.82, 2.24) is 4.98 Å². The highest BCUT2D eigenvalue weighted by Gasteiger charge is 2.18. The molecule has 1 amide bonds. The van der Waals surface area contributed by atoms with Gasteiger partial charge in [-0.15, -0.1) is 0 Å². The molecule has 0 saturated heterocycles. The van der Waals surface area contributed by atoms with E-state index in [-0.39, 0.29) is 17.5 Å². The van der Waals surface area contributed by atoms with Gasteiger partial charge in [0.05, 0.1) is 22.0 Å². The number of rotatable bonds is 5. The predicted molar refractivity (Wildman–Crippen MR) is 99.1 cm³/mol. The van der Waals surface area contributed by atoms with E-state index in [1.165, 1.54) is 12.1 Å². The number of nitrogens with one attached hydrogen (secondary N) is 1. The maximum absolute atomic E-state index is 12.6. The number of carbonyl (C=O) groups is 1. The van der Waals surface area contributed by atoms with Gasteiger partial charge >= 0.3 is 0 Å². The number of amides is 1. The fourth-order valence-corrected chi connectivity index (χ4v) is 3.33. The summed E-state index contributed by atoms with van der Waals surface area (Å²) in [6.45, 7) is 3.81. The van der Waals surface area contributed by atoms with Crippen molar-refractivity contribution in [3.8, 4) is 0 Å². The van der Waals surface area contributed by atoms with Crippen LogP contribution in [0.25, 0.3) is 10.9 Å². The van der Waals surface area contributed by atoms with Gasteiger partial charge in [-0.2, -0.15) is 11.3 Å². The van der Waals surface area contributed by atoms with Crippen LogP contribution in [-0.2, 0) is 11.2 Å². The van der Waals surface area contributed by atoms with Crippen molar-refractivity contribution in [2.75, 3.05) is 5.32 Å². The van der Waals surface area contributed by atoms with Crippen molar-refractivity contribution in [2.45, 2.75) is 26.2 Å². The Kier molecular flexibility index (Phi) is 4.76. The highest BCUT2D eigenvalue weighted by Crippen LogP contribution is 2.29. The molecule has 3 rings (SSSR count). The van der Waals surface area contributed by atoms with Crippen molar-refractivity contribution in [1.29, 1.82) is 0 Å². The van der Waals surface area contributed by atoms with Gasteiger partial charge in [-0.3, -0.25) is 19.9 Å². The van der Waals surface area contributed by atoms with E-state index in [1.54, 1.807) is 23.5 Å². The van der Waals surface area contributed by atoms with Gasteiger partial charge in [-0.25, -0.2) is 0 Å². The molecule has 0 bridgehead atoms. The van der Waals surface area contributed by atoms with Crippen LogP contribution in [0.15, 0.2) is 41.1 Å². The van der Waals surface area contributed by atoms with E-state index >= 15 is 0 Å². The lowest BCUT2D eigenvalue weighted by molar-refractivity contribution is -0.384. The topological polar surface area (TPSA) is 85.1 Å². The lowest BCUT2D eigenvalue weighted by atomic mass is 10.0. The Hall–Kier alpha value is -2.80. The summed E-state index contributed by atoms with van der Waals surface area (Å²) in [4.78, 5) is 27.7. The first-order chi connectivity index (χ1) is 12.0. The van der Waals surface area contributed by atoms with Crippen LogP contribution >= 0.6 is 11.3 Å². The van der Waals surface area contributed by atoms with Gasteiger partial charge in [0.15, 0.2) is 0 Å². The molecule has 6 nitrogen and oxygen atoms in total. The number of nitro groups is 1. The van der Waals surface area contributed by atoms with Crippen LogP contribution in [0.5, 0.6) is 0 Å². The second-order valence-electron chi connectivity index (χ2n) is 5.74. The molecule has 1 unspecified atom stereocenters. The second-order valence-corrected chi connectivity index (χ2v) is 6.52. The summed E-state index contributed by atoms with van der Waals surface area (Å²) < 4.78 is 0. The molecule has 0 fully saturated rings. The fraction of sp³-hybridized carbons (Fsp3) is 0.222. The molecule has 3 aromatic rings. The molecule has 1 atom stereocenters. The number of thiophene rings is 1. The molecule has 25 heavy (non-hydrogen) atoms. The van der Waals surface area contributed by atoms with Crippen molar-refractivity contribution in [2.24, 2.45) is 0 Å². The van der Waals surface area contributed by atoms with Crippen LogP contribution < -0.4 is 5.32 Å². The lowest BCUT2D eigenvalue weighted by Crippen LogP contribution is -2.19. The molecule has 7 heteroatoms. The maximum Gasteiger partial charge on any atom is 0.270 e. The largest absolute Gasteiger partial charge is 0.325 e. The number of nitro benzene ring substituents is 1. The zero-order chi connectivity index (χ0) is 18.0. The first kappa shape index (κ1) is 17.0. The van der Waals surface area contributed by atoms with Gasteiger partial charge < -0.3 is 5.32 Å². The maximum atomic E-state index is 12.6. The van der Waals surface area contributed by atoms with Crippen molar-refractivity contribution in [3.05, 3.63) is 62.5 Å². The number of hydrogen-bond donors (Lipinski definition) is 1. The third kappa shape index (κ3) is 3.51. The molecule has 0 saturated carbocycles. The summed E-state index contributed by atoms with van der Waals surface area (Å²) >= 11 is 1.54. The van der Waals surface area contributed by atoms with Gasteiger partial charge in [-0.1, -0.05) is 6.92 Å². The fourth-order valence-electron chi connectivity index (χ4n) is 2.58. The first-order valence-corrected chi connectivity index (χ1v) is 8.85. The van der Waals surface area contributed by atoms with Crippen LogP contribution in [0.3, 0.4) is 0 Å². The molecule has 1 aromatic carbocycles. The normalized spacial score (nSPS) is 12.1. The van der Waals surface area contributed by atoms with Crippen LogP contribution in [0.4, 0.5) is 11.4 Å². The minimum atomic E-state index is -0.452. The third-order valence-corrected chi connectivity index (χ3v) is 4.81. The molecule has 2 aromatic heterocycles. The highest BCUT2D eigenvalue weighted by atomic mass is 32.1. The molecule has 128 valence electrons. The van der Waals surface area contributed by atoms with E-state index < -0.39 is 4.92 Å². The van der Waals surface area contributed by atoms with Crippen molar-refractivity contribution >= 4 is 39.5 Å². The smallest absolute Gasteiger partial charge is 0.270 e. The van der Waals surface area contributed by atoms with Crippen LogP contribution in [0.2, 0.25) is 0 Å². The zero-order valence-electron chi connectivity index (χ0n) is 13.9. The highest BCUT2D eigenvalue weighted by molar-refractivity contribution is 7.08. The molecule has 0 aliphatic carbocycles. The number of carbonyl (C=O) groups excluding carboxylic acids is 1. The number of non-ortho nitro benzene ring substituents is 1. The summed E-state index contributed by atoms with van der Waals surface area (Å²) in [5.74, 6) is -0.460. The Bertz CT molecular complexity index is 938. The summed E-state index contributed by atoms with van der Waals surface area (Å²) in [6.07, 6.45) is 0.704. The molecular weight excluding hydrogens is 338 g/mol. The molecule has 0 aliphatic rings. The summed E-state index contributed by atoms with van der Waals surface area (Å²) in [6, 6.07) is 8.19. The van der Waals surface area contributed by atoms with Gasteiger partial charge in [0.2, 0.25) is 5.91 Å². The van der Waals surface area contributed by atoms with Gasteiger partial charge in [0.1, 0.15) is 0 Å². The van der Waals surface area contributed by atoms with Crippen molar-refractivity contribution in [3.63, 3.8) is 0 Å². The number of benzene rings is 1. The first-order valence-electron chi connectivity index (χ1n) is 7.90. The predicted octanol–water partition coefficient (Wildman–Crippen LogP) is 4.51. The molecular formula is C18H17N3O3S. The number of aryl methyl sites for hydroxylation is 1. The van der Waals surface area contributed by atoms with Gasteiger partial charge in [-0.05, 0) is 47.9 Å². The number of aromatic nitrogens is 1. The Labute approximate surface area is 148 Å². The van der Waals surface area contributed by atoms with Crippen LogP contribution in [-0.4, -0.2) is 15.8 Å². The SMILES string of the molecule is CCc1cc(NC(=O)C(C)c2ccsc2)c2cc([N+](=O)[O-])ccc2n1. The van der Waals surface area contributed by atoms with Crippen LogP contribution in [0.1, 0.15) is 31.0 Å². The average Bonchev–Trinajstić information content (AvgIpc) is 3.14. The number of hydrogen-bond acceptors (Lipinski definition) is 5. The molecule has 2 heterocycles. The molecule has 0 spiro atoms. The number of pyridine rings is 1. The average molecular weight is 355 g/mol. The minimum absolute atomic E-state index is 0.0278. The quantitative estimate of drug-likeness (QED) is 0.539. The Balaban J connectivity index is 2.02. The molecule has 0 aliphatic heterocycles. The summed E-state index contributed by atoms with van der Waals surface area (Å²) in [7, 11) is 0. The van der Waals surface area contributed by atoms with E-state index in [9.17, 15) is 14.9 Å². The minimum Gasteiger partial charge on any atom is -0.325 e. The summed E-state index contributed by atoms with van der Waals surface area (Å²) in [5.41, 5.74) is 2.92. The number of nitrogens with zero attached hydrogens (tertiary/aromatic N) is 2. The van der Waals surface area contributed by atoms with Crippen molar-refractivity contribution < 1.29 is 9.72 Å². The Morgan fingerprint density at radius 1 is 1.36 bits per heavy atom. The van der Waals surface area contributed by atoms with E-state index in [2.05, 4.69) is 10.3 Å². The third-order valence-electron chi connectivity index (χ3n) is 4.11. The summed E-state index contributed by atoms with van der Waals surface area (Å²) in [5, 5.41) is 18.4. The second kappa shape index (κ2) is 6.98. The van der Waals surface area contributed by atoms with Crippen LogP contribution in [0, 0.1) is 10.1 Å². The van der Waals surface area contributed by atoms with E-state index in [1.807, 2.05) is 30.7 Å². The van der Waals surface area contributed by atoms with E-state index in [0.29, 0.717) is 23.0 Å². The van der Waals surface area contributed by atoms with E-state index in [4.69, 9.17) is 0 Å². The standard InChI is InChI=1S/C18H17N3O3S/c1-3-13-8-17(20-18(22)11(2)12-6-7-25-10-12)15-9-14(21(23)24)4-5-16(15)19-13/h4-11H,3H2,1-2H3,(H,19,20,22). The number of fused-ring (bicyclic) bond motifs is 1. The van der Waals surface area contributed by atoms with E-state index in [0.717, 1.165) is 11.3 Å². The molecule has 0 radical (unpaired) electrons. The zero-order valence-corrected chi connectivity index (χ0v) is 14.7. The molecule has 1 N–H and O–H groups in total. The van der Waals surface area contributed by atoms with Gasteiger partial charge in [0.25, 0.3) is 5.69 Å². The lowest BCUT2D eigenvalue weighted by Gasteiger charge is -2.14. The Morgan fingerprint density at radius 2 is 2.16 bits per heavy atom. The van der Waals surface area contributed by atoms with Gasteiger partial charge in [0, 0.05) is 23.2 Å². The Morgan fingerprint density at radius 3 is 2.80 bits per heavy atom. The monoisotopic (exact) mass is 355 g/mol. The number of anilines is 1.